The number of hydrogen-bond donors (Lipinski definition) is 1. The van der Waals surface area contributed by atoms with Gasteiger partial charge in [0, 0.05) is 16.8 Å². The third kappa shape index (κ3) is 3.43. The third-order valence-corrected chi connectivity index (χ3v) is 3.62. The maximum Gasteiger partial charge on any atom is 0.247 e. The Bertz CT molecular complexity index is 671. The summed E-state index contributed by atoms with van der Waals surface area (Å²) in [4.78, 5) is 18.3. The van der Waals surface area contributed by atoms with Crippen LogP contribution in [0.4, 0.5) is 10.2 Å². The van der Waals surface area contributed by atoms with Gasteiger partial charge in [-0.3, -0.25) is 9.69 Å². The molecule has 0 spiro atoms. The van der Waals surface area contributed by atoms with Crippen LogP contribution in [0.3, 0.4) is 0 Å². The van der Waals surface area contributed by atoms with E-state index in [1.165, 1.54) is 12.1 Å². The van der Waals surface area contributed by atoms with E-state index in [9.17, 15) is 9.18 Å². The van der Waals surface area contributed by atoms with Crippen LogP contribution in [0, 0.1) is 12.7 Å². The van der Waals surface area contributed by atoms with Gasteiger partial charge in [-0.25, -0.2) is 9.37 Å². The molecule has 4 nitrogen and oxygen atoms in total. The fourth-order valence-corrected chi connectivity index (χ4v) is 2.46. The fourth-order valence-electron chi connectivity index (χ4n) is 2.20. The molecule has 1 aromatic carbocycles. The zero-order chi connectivity index (χ0) is 16.3. The standard InChI is InChI=1S/C16H17ClFN3O/c1-10-6-5-9-19-15(10)20-16(22)14(21(2)3)13-11(17)7-4-8-12(13)18/h4-9,14H,1-3H3,(H,19,20,22)/t14-/m1/s1. The van der Waals surface area contributed by atoms with E-state index in [0.717, 1.165) is 5.56 Å². The Morgan fingerprint density at radius 1 is 1.32 bits per heavy atom. The summed E-state index contributed by atoms with van der Waals surface area (Å²) in [5.74, 6) is -0.454. The van der Waals surface area contributed by atoms with E-state index < -0.39 is 17.8 Å². The van der Waals surface area contributed by atoms with Gasteiger partial charge in [-0.15, -0.1) is 0 Å². The first-order chi connectivity index (χ1) is 10.4. The topological polar surface area (TPSA) is 45.2 Å². The van der Waals surface area contributed by atoms with Crippen LogP contribution in [-0.2, 0) is 4.79 Å². The van der Waals surface area contributed by atoms with E-state index in [1.807, 2.05) is 13.0 Å². The molecule has 0 radical (unpaired) electrons. The molecule has 1 heterocycles. The summed E-state index contributed by atoms with van der Waals surface area (Å²) >= 11 is 6.08. The van der Waals surface area contributed by atoms with Crippen molar-refractivity contribution in [3.05, 3.63) is 58.5 Å². The maximum absolute atomic E-state index is 14.1. The summed E-state index contributed by atoms with van der Waals surface area (Å²) in [5.41, 5.74) is 0.980. The van der Waals surface area contributed by atoms with Crippen LogP contribution in [-0.4, -0.2) is 29.9 Å². The van der Waals surface area contributed by atoms with Gasteiger partial charge in [0.25, 0.3) is 0 Å². The van der Waals surface area contributed by atoms with Crippen molar-refractivity contribution < 1.29 is 9.18 Å². The molecule has 0 aliphatic rings. The molecule has 22 heavy (non-hydrogen) atoms. The largest absolute Gasteiger partial charge is 0.309 e. The normalized spacial score (nSPS) is 12.3. The van der Waals surface area contributed by atoms with Gasteiger partial charge in [-0.05, 0) is 44.8 Å². The average molecular weight is 322 g/mol. The number of anilines is 1. The van der Waals surface area contributed by atoms with E-state index in [4.69, 9.17) is 11.6 Å². The van der Waals surface area contributed by atoms with E-state index in [-0.39, 0.29) is 10.6 Å². The molecular formula is C16H17ClFN3O. The number of likely N-dealkylation sites (N-methyl/N-ethyl adjacent to an activating group) is 1. The van der Waals surface area contributed by atoms with Crippen molar-refractivity contribution in [1.29, 1.82) is 0 Å². The minimum atomic E-state index is -0.852. The molecule has 0 unspecified atom stereocenters. The molecule has 0 fully saturated rings. The number of benzene rings is 1. The van der Waals surface area contributed by atoms with Crippen LogP contribution < -0.4 is 5.32 Å². The van der Waals surface area contributed by atoms with Crippen molar-refractivity contribution >= 4 is 23.3 Å². The number of rotatable bonds is 4. The van der Waals surface area contributed by atoms with Crippen molar-refractivity contribution in [3.63, 3.8) is 0 Å². The lowest BCUT2D eigenvalue weighted by atomic mass is 10.0. The maximum atomic E-state index is 14.1. The van der Waals surface area contributed by atoms with Crippen LogP contribution in [0.1, 0.15) is 17.2 Å². The molecule has 2 aromatic rings. The second-order valence-corrected chi connectivity index (χ2v) is 5.57. The fraction of sp³-hybridized carbons (Fsp3) is 0.250. The van der Waals surface area contributed by atoms with E-state index in [1.54, 1.807) is 37.3 Å². The molecule has 1 aromatic heterocycles. The van der Waals surface area contributed by atoms with Crippen LogP contribution in [0.2, 0.25) is 5.02 Å². The molecule has 116 valence electrons. The summed E-state index contributed by atoms with van der Waals surface area (Å²) in [5, 5.41) is 2.94. The highest BCUT2D eigenvalue weighted by Crippen LogP contribution is 2.30. The van der Waals surface area contributed by atoms with E-state index >= 15 is 0 Å². The first kappa shape index (κ1) is 16.4. The zero-order valence-electron chi connectivity index (χ0n) is 12.6. The molecule has 1 N–H and O–H groups in total. The number of carbonyl (C=O) groups is 1. The molecule has 0 bridgehead atoms. The second-order valence-electron chi connectivity index (χ2n) is 5.16. The van der Waals surface area contributed by atoms with E-state index in [0.29, 0.717) is 5.82 Å². The predicted molar refractivity (Wildman–Crippen MR) is 85.4 cm³/mol. The number of aromatic nitrogens is 1. The Morgan fingerprint density at radius 2 is 2.05 bits per heavy atom. The molecular weight excluding hydrogens is 305 g/mol. The number of aryl methyl sites for hydroxylation is 1. The minimum absolute atomic E-state index is 0.153. The lowest BCUT2D eigenvalue weighted by molar-refractivity contribution is -0.120. The second kappa shape index (κ2) is 6.85. The SMILES string of the molecule is Cc1cccnc1NC(=O)[C@@H](c1c(F)cccc1Cl)N(C)C. The summed E-state index contributed by atoms with van der Waals surface area (Å²) in [6.45, 7) is 1.84. The molecule has 0 aliphatic carbocycles. The summed E-state index contributed by atoms with van der Waals surface area (Å²) < 4.78 is 14.1. The quantitative estimate of drug-likeness (QED) is 0.938. The number of halogens is 2. The summed E-state index contributed by atoms with van der Waals surface area (Å²) in [7, 11) is 3.39. The van der Waals surface area contributed by atoms with Gasteiger partial charge in [0.05, 0.1) is 0 Å². The number of pyridine rings is 1. The van der Waals surface area contributed by atoms with Crippen molar-refractivity contribution in [1.82, 2.24) is 9.88 Å². The number of hydrogen-bond acceptors (Lipinski definition) is 3. The number of nitrogens with zero attached hydrogens (tertiary/aromatic N) is 2. The van der Waals surface area contributed by atoms with Gasteiger partial charge >= 0.3 is 0 Å². The number of carbonyl (C=O) groups excluding carboxylic acids is 1. The highest BCUT2D eigenvalue weighted by molar-refractivity contribution is 6.31. The van der Waals surface area contributed by atoms with E-state index in [2.05, 4.69) is 10.3 Å². The molecule has 0 saturated carbocycles. The van der Waals surface area contributed by atoms with Crippen molar-refractivity contribution in [2.75, 3.05) is 19.4 Å². The van der Waals surface area contributed by atoms with Gasteiger partial charge in [0.1, 0.15) is 17.7 Å². The van der Waals surface area contributed by atoms with Crippen LogP contribution >= 0.6 is 11.6 Å². The molecule has 0 aliphatic heterocycles. The minimum Gasteiger partial charge on any atom is -0.309 e. The Kier molecular flexibility index (Phi) is 5.11. The highest BCUT2D eigenvalue weighted by Gasteiger charge is 2.28. The lowest BCUT2D eigenvalue weighted by Crippen LogP contribution is -2.33. The lowest BCUT2D eigenvalue weighted by Gasteiger charge is -2.25. The van der Waals surface area contributed by atoms with Gasteiger partial charge in [0.15, 0.2) is 0 Å². The number of nitrogens with one attached hydrogen (secondary N) is 1. The predicted octanol–water partition coefficient (Wildman–Crippen LogP) is 3.42. The van der Waals surface area contributed by atoms with Crippen molar-refractivity contribution in [2.24, 2.45) is 0 Å². The monoisotopic (exact) mass is 321 g/mol. The van der Waals surface area contributed by atoms with Crippen molar-refractivity contribution in [3.8, 4) is 0 Å². The zero-order valence-corrected chi connectivity index (χ0v) is 13.4. The summed E-state index contributed by atoms with van der Waals surface area (Å²) in [6, 6.07) is 7.13. The molecule has 1 amide bonds. The molecule has 6 heteroatoms. The Balaban J connectivity index is 2.37. The molecule has 1 atom stereocenters. The van der Waals surface area contributed by atoms with Crippen molar-refractivity contribution in [2.45, 2.75) is 13.0 Å². The first-order valence-corrected chi connectivity index (χ1v) is 7.12. The van der Waals surface area contributed by atoms with Crippen LogP contribution in [0.5, 0.6) is 0 Å². The Hall–Kier alpha value is -1.98. The molecule has 0 saturated heterocycles. The van der Waals surface area contributed by atoms with Gasteiger partial charge in [0.2, 0.25) is 5.91 Å². The number of amides is 1. The van der Waals surface area contributed by atoms with Gasteiger partial charge < -0.3 is 5.32 Å². The Morgan fingerprint density at radius 3 is 2.64 bits per heavy atom. The third-order valence-electron chi connectivity index (χ3n) is 3.29. The van der Waals surface area contributed by atoms with Crippen LogP contribution in [0.25, 0.3) is 0 Å². The highest BCUT2D eigenvalue weighted by atomic mass is 35.5. The van der Waals surface area contributed by atoms with Crippen LogP contribution in [0.15, 0.2) is 36.5 Å². The van der Waals surface area contributed by atoms with Gasteiger partial charge in [-0.1, -0.05) is 23.7 Å². The smallest absolute Gasteiger partial charge is 0.247 e. The Labute approximate surface area is 133 Å². The van der Waals surface area contributed by atoms with Gasteiger partial charge in [-0.2, -0.15) is 0 Å². The summed E-state index contributed by atoms with van der Waals surface area (Å²) in [6.07, 6.45) is 1.59. The first-order valence-electron chi connectivity index (χ1n) is 6.74. The average Bonchev–Trinajstić information content (AvgIpc) is 2.45. The molecule has 2 rings (SSSR count).